The maximum Gasteiger partial charge on any atom is 0.276 e. The molecular formula is C20H18ClFN2O2S. The van der Waals surface area contributed by atoms with Gasteiger partial charge in [-0.1, -0.05) is 35.9 Å². The van der Waals surface area contributed by atoms with Gasteiger partial charge in [0.05, 0.1) is 5.02 Å². The number of rotatable bonds is 5. The highest BCUT2D eigenvalue weighted by atomic mass is 35.5. The van der Waals surface area contributed by atoms with E-state index in [4.69, 9.17) is 28.6 Å². The smallest absolute Gasteiger partial charge is 0.276 e. The summed E-state index contributed by atoms with van der Waals surface area (Å²) in [5.41, 5.74) is 1.68. The Morgan fingerprint density at radius 3 is 2.63 bits per heavy atom. The number of amides is 1. The number of carbonyl (C=O) groups is 1. The summed E-state index contributed by atoms with van der Waals surface area (Å²) in [4.78, 5) is 15.7. The van der Waals surface area contributed by atoms with Crippen LogP contribution < -0.4 is 4.74 Å². The first-order chi connectivity index (χ1) is 12.9. The van der Waals surface area contributed by atoms with Gasteiger partial charge in [0, 0.05) is 19.2 Å². The van der Waals surface area contributed by atoms with Gasteiger partial charge in [0.15, 0.2) is 5.11 Å². The first kappa shape index (κ1) is 19.3. The molecule has 4 nitrogen and oxygen atoms in total. The molecule has 1 aliphatic heterocycles. The molecule has 0 N–H and O–H groups in total. The minimum Gasteiger partial charge on any atom is -0.487 e. The Labute approximate surface area is 167 Å². The second-order valence-electron chi connectivity index (χ2n) is 5.99. The number of carbonyl (C=O) groups excluding carboxylic acids is 1. The Hall–Kier alpha value is -2.44. The van der Waals surface area contributed by atoms with Crippen molar-refractivity contribution in [3.63, 3.8) is 0 Å². The van der Waals surface area contributed by atoms with E-state index in [2.05, 4.69) is 0 Å². The normalized spacial score (nSPS) is 15.8. The van der Waals surface area contributed by atoms with Crippen LogP contribution in [-0.4, -0.2) is 34.4 Å². The summed E-state index contributed by atoms with van der Waals surface area (Å²) in [6, 6.07) is 11.6. The summed E-state index contributed by atoms with van der Waals surface area (Å²) >= 11 is 11.6. The zero-order chi connectivity index (χ0) is 19.6. The molecule has 0 atom stereocenters. The fourth-order valence-electron chi connectivity index (χ4n) is 2.74. The van der Waals surface area contributed by atoms with Crippen molar-refractivity contribution in [1.29, 1.82) is 0 Å². The fraction of sp³-hybridized carbons (Fsp3) is 0.200. The zero-order valence-corrected chi connectivity index (χ0v) is 16.5. The predicted molar refractivity (Wildman–Crippen MR) is 108 cm³/mol. The van der Waals surface area contributed by atoms with Crippen molar-refractivity contribution in [2.24, 2.45) is 0 Å². The van der Waals surface area contributed by atoms with Gasteiger partial charge in [0.2, 0.25) is 0 Å². The standard InChI is InChI=1S/C20H18ClFN2O2S/c1-3-24-19(25)17(23(2)20(24)27)11-13-8-9-18(15(21)10-13)26-12-14-6-4-5-7-16(14)22/h4-11H,3,12H2,1-2H3/b17-11-. The summed E-state index contributed by atoms with van der Waals surface area (Å²) in [5.74, 6) is -0.0194. The van der Waals surface area contributed by atoms with Gasteiger partial charge in [0.25, 0.3) is 5.91 Å². The Morgan fingerprint density at radius 2 is 2.00 bits per heavy atom. The van der Waals surface area contributed by atoms with Crippen molar-refractivity contribution < 1.29 is 13.9 Å². The fourth-order valence-corrected chi connectivity index (χ4v) is 3.30. The van der Waals surface area contributed by atoms with E-state index in [-0.39, 0.29) is 18.3 Å². The SMILES string of the molecule is CCN1C(=O)/C(=C/c2ccc(OCc3ccccc3F)c(Cl)c2)N(C)C1=S. The van der Waals surface area contributed by atoms with Gasteiger partial charge < -0.3 is 9.64 Å². The van der Waals surface area contributed by atoms with Gasteiger partial charge in [-0.2, -0.15) is 0 Å². The van der Waals surface area contributed by atoms with Crippen LogP contribution in [0, 0.1) is 5.82 Å². The average molecular weight is 405 g/mol. The number of hydrogen-bond donors (Lipinski definition) is 0. The quantitative estimate of drug-likeness (QED) is 0.543. The average Bonchev–Trinajstić information content (AvgIpc) is 2.85. The minimum atomic E-state index is -0.325. The maximum atomic E-state index is 13.7. The zero-order valence-electron chi connectivity index (χ0n) is 14.9. The molecule has 0 spiro atoms. The number of likely N-dealkylation sites (N-methyl/N-ethyl adjacent to an activating group) is 2. The largest absolute Gasteiger partial charge is 0.487 e. The van der Waals surface area contributed by atoms with Gasteiger partial charge >= 0.3 is 0 Å². The van der Waals surface area contributed by atoms with Crippen molar-refractivity contribution in [2.75, 3.05) is 13.6 Å². The van der Waals surface area contributed by atoms with Crippen molar-refractivity contribution in [2.45, 2.75) is 13.5 Å². The van der Waals surface area contributed by atoms with Gasteiger partial charge in [-0.3, -0.25) is 9.69 Å². The first-order valence-corrected chi connectivity index (χ1v) is 9.18. The molecule has 1 fully saturated rings. The maximum absolute atomic E-state index is 13.7. The van der Waals surface area contributed by atoms with Crippen LogP contribution >= 0.6 is 23.8 Å². The molecule has 0 unspecified atom stereocenters. The monoisotopic (exact) mass is 404 g/mol. The molecule has 140 valence electrons. The molecule has 0 saturated carbocycles. The third kappa shape index (κ3) is 3.96. The number of benzene rings is 2. The lowest BCUT2D eigenvalue weighted by atomic mass is 10.1. The number of nitrogens with zero attached hydrogens (tertiary/aromatic N) is 2. The molecule has 1 heterocycles. The molecule has 0 aromatic heterocycles. The van der Waals surface area contributed by atoms with E-state index < -0.39 is 0 Å². The van der Waals surface area contributed by atoms with Crippen molar-refractivity contribution in [3.8, 4) is 5.75 Å². The molecular weight excluding hydrogens is 387 g/mol. The summed E-state index contributed by atoms with van der Waals surface area (Å²) < 4.78 is 19.3. The summed E-state index contributed by atoms with van der Waals surface area (Å²) in [5, 5.41) is 0.855. The van der Waals surface area contributed by atoms with Crippen LogP contribution in [0.1, 0.15) is 18.1 Å². The van der Waals surface area contributed by atoms with Crippen LogP contribution in [0.15, 0.2) is 48.2 Å². The van der Waals surface area contributed by atoms with Gasteiger partial charge in [-0.25, -0.2) is 4.39 Å². The molecule has 7 heteroatoms. The first-order valence-electron chi connectivity index (χ1n) is 8.39. The number of ether oxygens (including phenoxy) is 1. The predicted octanol–water partition coefficient (Wildman–Crippen LogP) is 4.48. The topological polar surface area (TPSA) is 32.8 Å². The van der Waals surface area contributed by atoms with E-state index in [1.54, 1.807) is 54.4 Å². The minimum absolute atomic E-state index is 0.0772. The van der Waals surface area contributed by atoms with Crippen LogP contribution in [-0.2, 0) is 11.4 Å². The van der Waals surface area contributed by atoms with Gasteiger partial charge in [0.1, 0.15) is 23.9 Å². The highest BCUT2D eigenvalue weighted by Crippen LogP contribution is 2.29. The van der Waals surface area contributed by atoms with Gasteiger partial charge in [-0.15, -0.1) is 0 Å². The summed E-state index contributed by atoms with van der Waals surface area (Å²) in [6.45, 7) is 2.47. The van der Waals surface area contributed by atoms with Crippen molar-refractivity contribution >= 4 is 40.9 Å². The van der Waals surface area contributed by atoms with Crippen LogP contribution in [0.3, 0.4) is 0 Å². The molecule has 0 radical (unpaired) electrons. The number of thiocarbonyl (C=S) groups is 1. The van der Waals surface area contributed by atoms with E-state index >= 15 is 0 Å². The van der Waals surface area contributed by atoms with E-state index in [0.717, 1.165) is 5.56 Å². The van der Waals surface area contributed by atoms with Crippen LogP contribution in [0.25, 0.3) is 6.08 Å². The second kappa shape index (κ2) is 8.06. The van der Waals surface area contributed by atoms with E-state index in [9.17, 15) is 9.18 Å². The Balaban J connectivity index is 1.78. The molecule has 2 aromatic rings. The van der Waals surface area contributed by atoms with Crippen LogP contribution in [0.4, 0.5) is 4.39 Å². The number of hydrogen-bond acceptors (Lipinski definition) is 3. The molecule has 0 aliphatic carbocycles. The van der Waals surface area contributed by atoms with Crippen molar-refractivity contribution in [1.82, 2.24) is 9.80 Å². The lowest BCUT2D eigenvalue weighted by Crippen LogP contribution is -2.30. The summed E-state index contributed by atoms with van der Waals surface area (Å²) in [7, 11) is 1.76. The van der Waals surface area contributed by atoms with Crippen LogP contribution in [0.5, 0.6) is 5.75 Å². The molecule has 3 rings (SSSR count). The molecule has 2 aromatic carbocycles. The molecule has 1 saturated heterocycles. The molecule has 1 amide bonds. The lowest BCUT2D eigenvalue weighted by Gasteiger charge is -2.13. The van der Waals surface area contributed by atoms with Crippen molar-refractivity contribution in [3.05, 3.63) is 70.1 Å². The Kier molecular flexibility index (Phi) is 5.77. The molecule has 0 bridgehead atoms. The van der Waals surface area contributed by atoms with Crippen LogP contribution in [0.2, 0.25) is 5.02 Å². The number of halogens is 2. The third-order valence-electron chi connectivity index (χ3n) is 4.26. The molecule has 27 heavy (non-hydrogen) atoms. The molecule has 1 aliphatic rings. The Bertz CT molecular complexity index is 932. The highest BCUT2D eigenvalue weighted by molar-refractivity contribution is 7.80. The lowest BCUT2D eigenvalue weighted by molar-refractivity contribution is -0.122. The Morgan fingerprint density at radius 1 is 1.26 bits per heavy atom. The van der Waals surface area contributed by atoms with E-state index in [0.29, 0.717) is 33.7 Å². The van der Waals surface area contributed by atoms with Gasteiger partial charge in [-0.05, 0) is 49.0 Å². The van der Waals surface area contributed by atoms with E-state index in [1.807, 2.05) is 6.92 Å². The third-order valence-corrected chi connectivity index (χ3v) is 5.05. The highest BCUT2D eigenvalue weighted by Gasteiger charge is 2.34. The summed E-state index contributed by atoms with van der Waals surface area (Å²) in [6.07, 6.45) is 1.73. The second-order valence-corrected chi connectivity index (χ2v) is 6.76. The van der Waals surface area contributed by atoms with E-state index in [1.165, 1.54) is 11.0 Å².